The minimum absolute atomic E-state index is 0.0761. The topological polar surface area (TPSA) is 84.0 Å². The molecule has 0 radical (unpaired) electrons. The summed E-state index contributed by atoms with van der Waals surface area (Å²) in [7, 11) is 0. The number of carbonyl (C=O) groups excluding carboxylic acids is 4. The van der Waals surface area contributed by atoms with Gasteiger partial charge in [-0.2, -0.15) is 0 Å². The van der Waals surface area contributed by atoms with Crippen LogP contribution >= 0.6 is 0 Å². The average Bonchev–Trinajstić information content (AvgIpc) is 2.99. The molecule has 0 N–H and O–H groups in total. The fourth-order valence-electron chi connectivity index (χ4n) is 3.67. The Labute approximate surface area is 188 Å². The summed E-state index contributed by atoms with van der Waals surface area (Å²) in [6.07, 6.45) is 0.183. The van der Waals surface area contributed by atoms with Crippen LogP contribution in [0.2, 0.25) is 0 Å². The maximum absolute atomic E-state index is 13.3. The van der Waals surface area contributed by atoms with E-state index in [2.05, 4.69) is 0 Å². The molecule has 2 aromatic carbocycles. The molecule has 1 aliphatic rings. The molecule has 0 saturated carbocycles. The quantitative estimate of drug-likeness (QED) is 0.392. The molecule has 0 spiro atoms. The van der Waals surface area contributed by atoms with Gasteiger partial charge in [-0.25, -0.2) is 4.90 Å². The van der Waals surface area contributed by atoms with Crippen molar-refractivity contribution in [3.05, 3.63) is 60.2 Å². The molecule has 1 saturated heterocycles. The van der Waals surface area contributed by atoms with Crippen LogP contribution in [0.1, 0.15) is 46.1 Å². The van der Waals surface area contributed by atoms with Crippen molar-refractivity contribution in [1.29, 1.82) is 0 Å². The van der Waals surface area contributed by atoms with E-state index < -0.39 is 17.9 Å². The number of hydrogen-bond acceptors (Lipinski definition) is 5. The lowest BCUT2D eigenvalue weighted by Gasteiger charge is -2.30. The van der Waals surface area contributed by atoms with E-state index in [1.165, 1.54) is 24.0 Å². The Morgan fingerprint density at radius 1 is 1.03 bits per heavy atom. The lowest BCUT2D eigenvalue weighted by atomic mass is 9.91. The monoisotopic (exact) mass is 436 g/mol. The number of benzene rings is 2. The summed E-state index contributed by atoms with van der Waals surface area (Å²) in [6, 6.07) is 14.7. The predicted octanol–water partition coefficient (Wildman–Crippen LogP) is 3.71. The van der Waals surface area contributed by atoms with E-state index in [0.717, 1.165) is 10.5 Å². The summed E-state index contributed by atoms with van der Waals surface area (Å²) in [5, 5.41) is 0. The molecule has 0 aromatic heterocycles. The first-order valence-corrected chi connectivity index (χ1v) is 10.5. The first-order chi connectivity index (χ1) is 15.0. The molecule has 7 nitrogen and oxygen atoms in total. The zero-order valence-corrected chi connectivity index (χ0v) is 18.8. The van der Waals surface area contributed by atoms with Crippen molar-refractivity contribution in [3.63, 3.8) is 0 Å². The Kier molecular flexibility index (Phi) is 6.77. The first-order valence-electron chi connectivity index (χ1n) is 10.5. The van der Waals surface area contributed by atoms with Crippen LogP contribution < -0.4 is 9.64 Å². The van der Waals surface area contributed by atoms with Gasteiger partial charge in [0.05, 0.1) is 12.1 Å². The van der Waals surface area contributed by atoms with Gasteiger partial charge in [0.2, 0.25) is 11.8 Å². The molecule has 2 aromatic rings. The molecule has 1 atom stereocenters. The van der Waals surface area contributed by atoms with Crippen LogP contribution in [0.5, 0.6) is 5.75 Å². The maximum Gasteiger partial charge on any atom is 0.308 e. The summed E-state index contributed by atoms with van der Waals surface area (Å²) < 4.78 is 5.01. The summed E-state index contributed by atoms with van der Waals surface area (Å²) in [5.41, 5.74) is 1.00. The fourth-order valence-corrected chi connectivity index (χ4v) is 3.67. The summed E-state index contributed by atoms with van der Waals surface area (Å²) >= 11 is 0. The van der Waals surface area contributed by atoms with Crippen LogP contribution in [0.4, 0.5) is 5.69 Å². The number of amides is 3. The lowest BCUT2D eigenvalue weighted by Crippen LogP contribution is -2.46. The first kappa shape index (κ1) is 23.2. The molecule has 0 aliphatic carbocycles. The molecular weight excluding hydrogens is 408 g/mol. The van der Waals surface area contributed by atoms with Crippen molar-refractivity contribution >= 4 is 29.4 Å². The third kappa shape index (κ3) is 5.60. The minimum atomic E-state index is -0.870. The number of anilines is 1. The SMILES string of the molecule is CC(=O)Oc1ccc(N2C(=O)CC(N(Cc3ccccc3)C(=O)CC(C)(C)C)C2=O)cc1. The highest BCUT2D eigenvalue weighted by molar-refractivity contribution is 6.23. The minimum Gasteiger partial charge on any atom is -0.427 e. The lowest BCUT2D eigenvalue weighted by molar-refractivity contribution is -0.140. The molecule has 168 valence electrons. The second-order valence-electron chi connectivity index (χ2n) is 9.12. The molecular formula is C25H28N2O5. The normalized spacial score (nSPS) is 16.2. The molecule has 1 unspecified atom stereocenters. The van der Waals surface area contributed by atoms with E-state index in [4.69, 9.17) is 4.74 Å². The van der Waals surface area contributed by atoms with E-state index >= 15 is 0 Å². The molecule has 7 heteroatoms. The Morgan fingerprint density at radius 2 is 1.66 bits per heavy atom. The average molecular weight is 437 g/mol. The van der Waals surface area contributed by atoms with Gasteiger partial charge in [-0.05, 0) is 35.2 Å². The van der Waals surface area contributed by atoms with E-state index in [1.807, 2.05) is 51.1 Å². The van der Waals surface area contributed by atoms with Crippen LogP contribution in [0.25, 0.3) is 0 Å². The van der Waals surface area contributed by atoms with Crippen LogP contribution in [0.3, 0.4) is 0 Å². The Balaban J connectivity index is 1.87. The number of hydrogen-bond donors (Lipinski definition) is 0. The van der Waals surface area contributed by atoms with Gasteiger partial charge in [-0.3, -0.25) is 19.2 Å². The van der Waals surface area contributed by atoms with E-state index in [9.17, 15) is 19.2 Å². The zero-order chi connectivity index (χ0) is 23.5. The van der Waals surface area contributed by atoms with Gasteiger partial charge in [-0.15, -0.1) is 0 Å². The standard InChI is InChI=1S/C25H28N2O5/c1-17(28)32-20-12-10-19(11-13-20)27-22(29)14-21(24(27)31)26(23(30)15-25(2,3)4)16-18-8-6-5-7-9-18/h5-13,21H,14-16H2,1-4H3. The van der Waals surface area contributed by atoms with Crippen LogP contribution in [-0.4, -0.2) is 34.6 Å². The number of esters is 1. The molecule has 1 fully saturated rings. The molecule has 1 aliphatic heterocycles. The highest BCUT2D eigenvalue weighted by atomic mass is 16.5. The van der Waals surface area contributed by atoms with E-state index in [0.29, 0.717) is 11.4 Å². The van der Waals surface area contributed by atoms with Crippen molar-refractivity contribution in [3.8, 4) is 5.75 Å². The van der Waals surface area contributed by atoms with Gasteiger partial charge in [0.15, 0.2) is 0 Å². The Morgan fingerprint density at radius 3 is 2.22 bits per heavy atom. The third-order valence-corrected chi connectivity index (χ3v) is 5.05. The molecule has 0 bridgehead atoms. The zero-order valence-electron chi connectivity index (χ0n) is 18.8. The second kappa shape index (κ2) is 9.34. The summed E-state index contributed by atoms with van der Waals surface area (Å²) in [5.74, 6) is -1.11. The Bertz CT molecular complexity index is 1010. The number of imide groups is 1. The van der Waals surface area contributed by atoms with Gasteiger partial charge >= 0.3 is 5.97 Å². The van der Waals surface area contributed by atoms with Crippen molar-refractivity contribution < 1.29 is 23.9 Å². The fraction of sp³-hybridized carbons (Fsp3) is 0.360. The van der Waals surface area contributed by atoms with E-state index in [-0.39, 0.29) is 36.6 Å². The van der Waals surface area contributed by atoms with Gasteiger partial charge in [0.1, 0.15) is 11.8 Å². The van der Waals surface area contributed by atoms with Gasteiger partial charge in [-0.1, -0.05) is 51.1 Å². The number of ether oxygens (including phenoxy) is 1. The maximum atomic E-state index is 13.3. The molecule has 3 rings (SSSR count). The van der Waals surface area contributed by atoms with Crippen molar-refractivity contribution in [2.45, 2.75) is 53.1 Å². The number of carbonyl (C=O) groups is 4. The summed E-state index contributed by atoms with van der Waals surface area (Å²) in [6.45, 7) is 7.43. The number of rotatable bonds is 6. The second-order valence-corrected chi connectivity index (χ2v) is 9.12. The molecule has 1 heterocycles. The van der Waals surface area contributed by atoms with E-state index in [1.54, 1.807) is 12.1 Å². The van der Waals surface area contributed by atoms with Crippen molar-refractivity contribution in [1.82, 2.24) is 4.90 Å². The van der Waals surface area contributed by atoms with Gasteiger partial charge < -0.3 is 9.64 Å². The van der Waals surface area contributed by atoms with Crippen LogP contribution in [0.15, 0.2) is 54.6 Å². The Hall–Kier alpha value is -3.48. The van der Waals surface area contributed by atoms with Crippen LogP contribution in [-0.2, 0) is 25.7 Å². The predicted molar refractivity (Wildman–Crippen MR) is 120 cm³/mol. The molecule has 3 amide bonds. The third-order valence-electron chi connectivity index (χ3n) is 5.05. The summed E-state index contributed by atoms with van der Waals surface area (Å²) in [4.78, 5) is 53.0. The van der Waals surface area contributed by atoms with Gasteiger partial charge in [0.25, 0.3) is 5.91 Å². The highest BCUT2D eigenvalue weighted by Gasteiger charge is 2.44. The number of nitrogens with zero attached hydrogens (tertiary/aromatic N) is 2. The van der Waals surface area contributed by atoms with Gasteiger partial charge in [0, 0.05) is 19.9 Å². The molecule has 32 heavy (non-hydrogen) atoms. The van der Waals surface area contributed by atoms with Crippen molar-refractivity contribution in [2.75, 3.05) is 4.90 Å². The highest BCUT2D eigenvalue weighted by Crippen LogP contribution is 2.30. The smallest absolute Gasteiger partial charge is 0.308 e. The van der Waals surface area contributed by atoms with Crippen LogP contribution in [0, 0.1) is 5.41 Å². The largest absolute Gasteiger partial charge is 0.427 e. The van der Waals surface area contributed by atoms with Crippen molar-refractivity contribution in [2.24, 2.45) is 5.41 Å².